The Morgan fingerprint density at radius 2 is 2.00 bits per heavy atom. The van der Waals surface area contributed by atoms with Gasteiger partial charge in [-0.25, -0.2) is 13.9 Å². The first-order valence-electron chi connectivity index (χ1n) is 5.42. The zero-order chi connectivity index (χ0) is 12.4. The molecule has 0 amide bonds. The molecule has 2 rings (SSSR count). The number of hydrogen-bond acceptors (Lipinski definition) is 1. The summed E-state index contributed by atoms with van der Waals surface area (Å²) in [5.74, 6) is 0.0525. The van der Waals surface area contributed by atoms with Crippen molar-refractivity contribution in [2.75, 3.05) is 0 Å². The van der Waals surface area contributed by atoms with Gasteiger partial charge in [-0.3, -0.25) is 0 Å². The Balaban J connectivity index is 2.51. The van der Waals surface area contributed by atoms with E-state index in [0.29, 0.717) is 0 Å². The van der Waals surface area contributed by atoms with Crippen molar-refractivity contribution in [1.29, 1.82) is 0 Å². The monoisotopic (exact) mass is 231 g/mol. The minimum atomic E-state index is -0.851. The molecule has 4 heteroatoms. The second kappa shape index (κ2) is 4.41. The van der Waals surface area contributed by atoms with Crippen LogP contribution in [0.2, 0.25) is 0 Å². The number of carboxylic acids is 1. The third-order valence-electron chi connectivity index (χ3n) is 2.96. The van der Waals surface area contributed by atoms with Crippen LogP contribution in [0.4, 0.5) is 0 Å². The maximum Gasteiger partial charge on any atom is 0.354 e. The Morgan fingerprint density at radius 1 is 1.35 bits per heavy atom. The number of aryl methyl sites for hydroxylation is 1. The van der Waals surface area contributed by atoms with E-state index >= 15 is 0 Å². The van der Waals surface area contributed by atoms with Gasteiger partial charge in [0, 0.05) is 12.5 Å². The summed E-state index contributed by atoms with van der Waals surface area (Å²) < 4.78 is 3.66. The molecular weight excluding hydrogens is 216 g/mol. The fourth-order valence-electron chi connectivity index (χ4n) is 1.90. The Labute approximate surface area is 99.8 Å². The maximum atomic E-state index is 11.4. The Bertz CT molecular complexity index is 532. The van der Waals surface area contributed by atoms with Crippen molar-refractivity contribution >= 4 is 5.97 Å². The number of nitrogens with zero attached hydrogens (tertiary/aromatic N) is 2. The Morgan fingerprint density at radius 3 is 2.47 bits per heavy atom. The van der Waals surface area contributed by atoms with Gasteiger partial charge in [0.1, 0.15) is 12.4 Å². The quantitative estimate of drug-likeness (QED) is 0.809. The normalized spacial score (nSPS) is 12.4. The van der Waals surface area contributed by atoms with Gasteiger partial charge in [-0.05, 0) is 0 Å². The lowest BCUT2D eigenvalue weighted by atomic mass is 10.1. The molecular formula is C13H15N2O2+. The van der Waals surface area contributed by atoms with E-state index in [9.17, 15) is 9.90 Å². The van der Waals surface area contributed by atoms with Crippen LogP contribution >= 0.6 is 0 Å². The molecule has 0 fully saturated rings. The van der Waals surface area contributed by atoms with Crippen molar-refractivity contribution < 1.29 is 14.5 Å². The molecule has 0 spiro atoms. The lowest BCUT2D eigenvalue weighted by Gasteiger charge is -2.10. The molecule has 1 aromatic heterocycles. The largest absolute Gasteiger partial charge is 0.478 e. The first-order valence-corrected chi connectivity index (χ1v) is 5.42. The predicted octanol–water partition coefficient (Wildman–Crippen LogP) is 1.30. The van der Waals surface area contributed by atoms with Gasteiger partial charge < -0.3 is 5.11 Å². The van der Waals surface area contributed by atoms with Gasteiger partial charge in [-0.1, -0.05) is 30.3 Å². The van der Waals surface area contributed by atoms with Crippen molar-refractivity contribution in [2.45, 2.75) is 13.0 Å². The smallest absolute Gasteiger partial charge is 0.354 e. The highest BCUT2D eigenvalue weighted by molar-refractivity contribution is 5.76. The fourth-order valence-corrected chi connectivity index (χ4v) is 1.90. The van der Waals surface area contributed by atoms with E-state index in [1.165, 1.54) is 0 Å². The lowest BCUT2D eigenvalue weighted by molar-refractivity contribution is -0.677. The Hall–Kier alpha value is -2.10. The zero-order valence-electron chi connectivity index (χ0n) is 9.87. The Kier molecular flexibility index (Phi) is 2.95. The molecule has 17 heavy (non-hydrogen) atoms. The summed E-state index contributed by atoms with van der Waals surface area (Å²) >= 11 is 0. The van der Waals surface area contributed by atoms with Crippen molar-refractivity contribution in [3.05, 3.63) is 54.1 Å². The van der Waals surface area contributed by atoms with E-state index in [2.05, 4.69) is 0 Å². The van der Waals surface area contributed by atoms with Gasteiger partial charge in [0.05, 0.1) is 7.05 Å². The molecule has 0 saturated carbocycles. The van der Waals surface area contributed by atoms with E-state index in [1.807, 2.05) is 55.1 Å². The highest BCUT2D eigenvalue weighted by Crippen LogP contribution is 2.19. The fraction of sp³-hybridized carbons (Fsp3) is 0.231. The van der Waals surface area contributed by atoms with Crippen molar-refractivity contribution in [3.63, 3.8) is 0 Å². The summed E-state index contributed by atoms with van der Waals surface area (Å²) in [7, 11) is 1.90. The van der Waals surface area contributed by atoms with E-state index in [4.69, 9.17) is 0 Å². The first kappa shape index (κ1) is 11.4. The van der Waals surface area contributed by atoms with Crippen LogP contribution in [0.25, 0.3) is 0 Å². The zero-order valence-corrected chi connectivity index (χ0v) is 9.87. The average Bonchev–Trinajstić information content (AvgIpc) is 2.63. The summed E-state index contributed by atoms with van der Waals surface area (Å²) in [6, 6.07) is 8.58. The SMILES string of the molecule is Cc1n([C@@H](C(=O)O)c2ccccc2)cc[n+]1C. The molecule has 0 unspecified atom stereocenters. The molecule has 1 heterocycles. The second-order valence-electron chi connectivity index (χ2n) is 4.01. The molecule has 1 N–H and O–H groups in total. The molecule has 1 aromatic carbocycles. The highest BCUT2D eigenvalue weighted by Gasteiger charge is 2.28. The van der Waals surface area contributed by atoms with Gasteiger partial charge in [-0.15, -0.1) is 0 Å². The van der Waals surface area contributed by atoms with E-state index in [1.54, 1.807) is 10.8 Å². The number of aliphatic carboxylic acids is 1. The van der Waals surface area contributed by atoms with Crippen LogP contribution < -0.4 is 4.57 Å². The van der Waals surface area contributed by atoms with Gasteiger partial charge in [0.25, 0.3) is 5.82 Å². The van der Waals surface area contributed by atoms with Gasteiger partial charge in [-0.2, -0.15) is 0 Å². The predicted molar refractivity (Wildman–Crippen MR) is 62.6 cm³/mol. The molecule has 0 saturated heterocycles. The van der Waals surface area contributed by atoms with Crippen molar-refractivity contribution in [3.8, 4) is 0 Å². The molecule has 2 aromatic rings. The van der Waals surface area contributed by atoms with Crippen LogP contribution in [-0.2, 0) is 11.8 Å². The summed E-state index contributed by atoms with van der Waals surface area (Å²) in [6.45, 7) is 1.90. The van der Waals surface area contributed by atoms with Gasteiger partial charge >= 0.3 is 5.97 Å². The average molecular weight is 231 g/mol. The number of rotatable bonds is 3. The van der Waals surface area contributed by atoms with Crippen molar-refractivity contribution in [1.82, 2.24) is 4.57 Å². The second-order valence-corrected chi connectivity index (χ2v) is 4.01. The molecule has 0 radical (unpaired) electrons. The van der Waals surface area contributed by atoms with E-state index in [-0.39, 0.29) is 0 Å². The number of hydrogen-bond donors (Lipinski definition) is 1. The number of carboxylic acid groups (broad SMARTS) is 1. The maximum absolute atomic E-state index is 11.4. The topological polar surface area (TPSA) is 46.1 Å². The third-order valence-corrected chi connectivity index (χ3v) is 2.96. The number of benzene rings is 1. The number of carbonyl (C=O) groups is 1. The highest BCUT2D eigenvalue weighted by atomic mass is 16.4. The minimum absolute atomic E-state index is 0.669. The van der Waals surface area contributed by atoms with Gasteiger partial charge in [0.15, 0.2) is 0 Å². The van der Waals surface area contributed by atoms with Crippen LogP contribution in [0.5, 0.6) is 0 Å². The van der Waals surface area contributed by atoms with E-state index in [0.717, 1.165) is 11.4 Å². The standard InChI is InChI=1S/C13H14N2O2/c1-10-14(2)8-9-15(10)12(13(16)17)11-6-4-3-5-7-11/h3-9,12H,1-2H3/p+1/t12-/m1/s1. The molecule has 1 atom stereocenters. The van der Waals surface area contributed by atoms with E-state index < -0.39 is 12.0 Å². The van der Waals surface area contributed by atoms with Crippen LogP contribution in [0, 0.1) is 6.92 Å². The third kappa shape index (κ3) is 2.06. The van der Waals surface area contributed by atoms with Crippen LogP contribution in [-0.4, -0.2) is 15.6 Å². The number of aromatic nitrogens is 2. The number of imidazole rings is 1. The molecule has 0 aliphatic carbocycles. The minimum Gasteiger partial charge on any atom is -0.478 e. The van der Waals surface area contributed by atoms with Crippen molar-refractivity contribution in [2.24, 2.45) is 7.05 Å². The lowest BCUT2D eigenvalue weighted by Crippen LogP contribution is -2.32. The summed E-state index contributed by atoms with van der Waals surface area (Å²) in [6.07, 6.45) is 3.65. The first-order chi connectivity index (χ1) is 8.11. The van der Waals surface area contributed by atoms with Crippen LogP contribution in [0.15, 0.2) is 42.7 Å². The molecule has 88 valence electrons. The summed E-state index contributed by atoms with van der Waals surface area (Å²) in [4.78, 5) is 11.4. The summed E-state index contributed by atoms with van der Waals surface area (Å²) in [5.41, 5.74) is 0.777. The van der Waals surface area contributed by atoms with Crippen LogP contribution in [0.1, 0.15) is 17.4 Å². The van der Waals surface area contributed by atoms with Crippen LogP contribution in [0.3, 0.4) is 0 Å². The molecule has 0 bridgehead atoms. The summed E-state index contributed by atoms with van der Waals surface area (Å²) in [5, 5.41) is 9.38. The van der Waals surface area contributed by atoms with Gasteiger partial charge in [0.2, 0.25) is 6.04 Å². The molecule has 0 aliphatic rings. The molecule has 4 nitrogen and oxygen atoms in total. The molecule has 0 aliphatic heterocycles.